The number of hydrogen-bond donors (Lipinski definition) is 1. The number of nitrogen functional groups attached to an aromatic ring is 1. The highest BCUT2D eigenvalue weighted by Gasteiger charge is 2.16. The highest BCUT2D eigenvalue weighted by Crippen LogP contribution is 2.19. The van der Waals surface area contributed by atoms with Crippen LogP contribution in [-0.4, -0.2) is 12.5 Å². The van der Waals surface area contributed by atoms with E-state index in [1.54, 1.807) is 24.3 Å². The Kier molecular flexibility index (Phi) is 4.52. The monoisotopic (exact) mass is 290 g/mol. The average Bonchev–Trinajstić information content (AvgIpc) is 2.43. The van der Waals surface area contributed by atoms with Gasteiger partial charge in [0.05, 0.1) is 6.42 Å². The molecular formula is C16H16F2N2O. The van der Waals surface area contributed by atoms with Crippen LogP contribution in [0.15, 0.2) is 42.5 Å². The van der Waals surface area contributed by atoms with E-state index in [0.717, 1.165) is 12.1 Å². The van der Waals surface area contributed by atoms with Crippen LogP contribution in [0, 0.1) is 11.6 Å². The first-order chi connectivity index (χ1) is 10.0. The Hall–Kier alpha value is -2.43. The van der Waals surface area contributed by atoms with Gasteiger partial charge in [0, 0.05) is 24.0 Å². The van der Waals surface area contributed by atoms with Gasteiger partial charge in [0.25, 0.3) is 0 Å². The predicted octanol–water partition coefficient (Wildman–Crippen LogP) is 3.14. The molecule has 0 saturated carbocycles. The fourth-order valence-corrected chi connectivity index (χ4v) is 2.12. The van der Waals surface area contributed by atoms with Crippen molar-refractivity contribution >= 4 is 17.3 Å². The summed E-state index contributed by atoms with van der Waals surface area (Å²) >= 11 is 0. The molecule has 0 aromatic heterocycles. The van der Waals surface area contributed by atoms with Crippen LogP contribution in [0.1, 0.15) is 12.5 Å². The number of benzene rings is 2. The van der Waals surface area contributed by atoms with Gasteiger partial charge < -0.3 is 10.6 Å². The average molecular weight is 290 g/mol. The molecule has 0 atom stereocenters. The molecule has 2 N–H and O–H groups in total. The lowest BCUT2D eigenvalue weighted by Gasteiger charge is -2.21. The lowest BCUT2D eigenvalue weighted by Crippen LogP contribution is -2.32. The Morgan fingerprint density at radius 2 is 1.95 bits per heavy atom. The molecule has 3 nitrogen and oxygen atoms in total. The van der Waals surface area contributed by atoms with E-state index >= 15 is 0 Å². The van der Waals surface area contributed by atoms with Crippen LogP contribution >= 0.6 is 0 Å². The first-order valence-corrected chi connectivity index (χ1v) is 6.61. The van der Waals surface area contributed by atoms with Crippen molar-refractivity contribution in [1.82, 2.24) is 0 Å². The quantitative estimate of drug-likeness (QED) is 0.879. The summed E-state index contributed by atoms with van der Waals surface area (Å²) in [6.45, 7) is 2.26. The van der Waals surface area contributed by atoms with Crippen LogP contribution < -0.4 is 10.6 Å². The van der Waals surface area contributed by atoms with Gasteiger partial charge in [-0.1, -0.05) is 12.1 Å². The van der Waals surface area contributed by atoms with E-state index in [9.17, 15) is 13.6 Å². The summed E-state index contributed by atoms with van der Waals surface area (Å²) in [5.74, 6) is -1.65. The van der Waals surface area contributed by atoms with E-state index < -0.39 is 11.6 Å². The maximum atomic E-state index is 13.6. The van der Waals surface area contributed by atoms with Crippen molar-refractivity contribution in [3.63, 3.8) is 0 Å². The number of likely N-dealkylation sites (N-methyl/N-ethyl adjacent to an activating group) is 1. The molecule has 0 aliphatic heterocycles. The molecule has 21 heavy (non-hydrogen) atoms. The lowest BCUT2D eigenvalue weighted by molar-refractivity contribution is -0.118. The summed E-state index contributed by atoms with van der Waals surface area (Å²) in [7, 11) is 0. The van der Waals surface area contributed by atoms with Gasteiger partial charge in [0.2, 0.25) is 5.91 Å². The molecule has 0 bridgehead atoms. The lowest BCUT2D eigenvalue weighted by atomic mass is 10.1. The normalized spacial score (nSPS) is 10.4. The molecule has 0 aliphatic rings. The predicted molar refractivity (Wildman–Crippen MR) is 78.9 cm³/mol. The van der Waals surface area contributed by atoms with Crippen LogP contribution in [-0.2, 0) is 11.2 Å². The number of rotatable bonds is 4. The summed E-state index contributed by atoms with van der Waals surface area (Å²) in [4.78, 5) is 13.8. The van der Waals surface area contributed by atoms with Gasteiger partial charge in [-0.3, -0.25) is 4.79 Å². The molecule has 110 valence electrons. The largest absolute Gasteiger partial charge is 0.399 e. The number of nitrogens with two attached hydrogens (primary N) is 1. The number of hydrogen-bond acceptors (Lipinski definition) is 2. The Labute approximate surface area is 122 Å². The highest BCUT2D eigenvalue weighted by molar-refractivity contribution is 5.95. The van der Waals surface area contributed by atoms with Crippen LogP contribution in [0.5, 0.6) is 0 Å². The van der Waals surface area contributed by atoms with Crippen molar-refractivity contribution in [2.75, 3.05) is 17.2 Å². The molecule has 0 radical (unpaired) electrons. The Morgan fingerprint density at radius 3 is 2.57 bits per heavy atom. The third kappa shape index (κ3) is 3.56. The Morgan fingerprint density at radius 1 is 1.19 bits per heavy atom. The van der Waals surface area contributed by atoms with Gasteiger partial charge in [-0.05, 0) is 36.8 Å². The number of carbonyl (C=O) groups excluding carboxylic acids is 1. The van der Waals surface area contributed by atoms with E-state index in [4.69, 9.17) is 5.73 Å². The van der Waals surface area contributed by atoms with Crippen molar-refractivity contribution < 1.29 is 13.6 Å². The minimum absolute atomic E-state index is 0.130. The molecule has 2 aromatic rings. The fraction of sp³-hybridized carbons (Fsp3) is 0.188. The Balaban J connectivity index is 2.21. The van der Waals surface area contributed by atoms with E-state index in [1.165, 1.54) is 11.0 Å². The second-order valence-corrected chi connectivity index (χ2v) is 4.65. The van der Waals surface area contributed by atoms with Gasteiger partial charge in [-0.25, -0.2) is 8.78 Å². The van der Waals surface area contributed by atoms with E-state index in [2.05, 4.69) is 0 Å². The van der Waals surface area contributed by atoms with Gasteiger partial charge in [0.15, 0.2) is 0 Å². The molecule has 0 unspecified atom stereocenters. The minimum Gasteiger partial charge on any atom is -0.399 e. The maximum Gasteiger partial charge on any atom is 0.231 e. The first-order valence-electron chi connectivity index (χ1n) is 6.61. The zero-order chi connectivity index (χ0) is 15.4. The molecule has 2 aromatic carbocycles. The summed E-state index contributed by atoms with van der Waals surface area (Å²) < 4.78 is 26.5. The molecule has 1 amide bonds. The van der Waals surface area contributed by atoms with Gasteiger partial charge in [-0.2, -0.15) is 0 Å². The molecular weight excluding hydrogens is 274 g/mol. The first kappa shape index (κ1) is 15.0. The van der Waals surface area contributed by atoms with Gasteiger partial charge in [0.1, 0.15) is 11.6 Å². The minimum atomic E-state index is -0.716. The number of amides is 1. The summed E-state index contributed by atoms with van der Waals surface area (Å²) in [5.41, 5.74) is 7.08. The number of anilines is 2. The molecule has 0 fully saturated rings. The van der Waals surface area contributed by atoms with E-state index in [0.29, 0.717) is 17.9 Å². The van der Waals surface area contributed by atoms with Crippen LogP contribution in [0.4, 0.5) is 20.2 Å². The topological polar surface area (TPSA) is 46.3 Å². The van der Waals surface area contributed by atoms with Gasteiger partial charge >= 0.3 is 0 Å². The summed E-state index contributed by atoms with van der Waals surface area (Å²) in [5, 5.41) is 0. The molecule has 0 aliphatic carbocycles. The van der Waals surface area contributed by atoms with Crippen molar-refractivity contribution in [1.29, 1.82) is 0 Å². The maximum absolute atomic E-state index is 13.6. The zero-order valence-corrected chi connectivity index (χ0v) is 11.6. The second-order valence-electron chi connectivity index (χ2n) is 4.65. The molecule has 0 saturated heterocycles. The summed E-state index contributed by atoms with van der Waals surface area (Å²) in [6, 6.07) is 10.1. The number of carbonyl (C=O) groups is 1. The third-order valence-corrected chi connectivity index (χ3v) is 3.16. The standard InChI is InChI=1S/C16H16F2N2O/c1-2-20(14-5-3-4-13(19)10-14)16(21)8-11-6-7-12(17)9-15(11)18/h3-7,9-10H,2,8,19H2,1H3. The SMILES string of the molecule is CCN(C(=O)Cc1ccc(F)cc1F)c1cccc(N)c1. The van der Waals surface area contributed by atoms with Gasteiger partial charge in [-0.15, -0.1) is 0 Å². The highest BCUT2D eigenvalue weighted by atomic mass is 19.1. The fourth-order valence-electron chi connectivity index (χ4n) is 2.12. The van der Waals surface area contributed by atoms with Crippen molar-refractivity contribution in [2.24, 2.45) is 0 Å². The third-order valence-electron chi connectivity index (χ3n) is 3.16. The van der Waals surface area contributed by atoms with Crippen molar-refractivity contribution in [3.05, 3.63) is 59.7 Å². The van der Waals surface area contributed by atoms with Crippen molar-refractivity contribution in [2.45, 2.75) is 13.3 Å². The van der Waals surface area contributed by atoms with E-state index in [-0.39, 0.29) is 17.9 Å². The Bertz CT molecular complexity index is 658. The number of halogens is 2. The number of nitrogens with zero attached hydrogens (tertiary/aromatic N) is 1. The second kappa shape index (κ2) is 6.35. The smallest absolute Gasteiger partial charge is 0.231 e. The van der Waals surface area contributed by atoms with Crippen molar-refractivity contribution in [3.8, 4) is 0 Å². The molecule has 2 rings (SSSR count). The van der Waals surface area contributed by atoms with Crippen LogP contribution in [0.2, 0.25) is 0 Å². The van der Waals surface area contributed by atoms with Crippen LogP contribution in [0.25, 0.3) is 0 Å². The van der Waals surface area contributed by atoms with E-state index in [1.807, 2.05) is 6.92 Å². The zero-order valence-electron chi connectivity index (χ0n) is 11.6. The molecule has 5 heteroatoms. The van der Waals surface area contributed by atoms with Crippen LogP contribution in [0.3, 0.4) is 0 Å². The summed E-state index contributed by atoms with van der Waals surface area (Å²) in [6.07, 6.45) is -0.130. The molecule has 0 spiro atoms. The molecule has 0 heterocycles.